The lowest BCUT2D eigenvalue weighted by Crippen LogP contribution is -2.28. The number of amides is 1. The number of aryl methyl sites for hydroxylation is 1. The second-order valence-corrected chi connectivity index (χ2v) is 7.47. The fraction of sp³-hybridized carbons (Fsp3) is 0.429. The summed E-state index contributed by atoms with van der Waals surface area (Å²) in [4.78, 5) is 27.2. The fourth-order valence-corrected chi connectivity index (χ4v) is 3.80. The van der Waals surface area contributed by atoms with Crippen molar-refractivity contribution >= 4 is 5.91 Å². The van der Waals surface area contributed by atoms with Crippen molar-refractivity contribution in [1.29, 1.82) is 0 Å². The zero-order chi connectivity index (χ0) is 17.4. The molecule has 4 rings (SSSR count). The van der Waals surface area contributed by atoms with Crippen LogP contribution in [0.25, 0.3) is 0 Å². The van der Waals surface area contributed by atoms with E-state index in [0.29, 0.717) is 12.3 Å². The second kappa shape index (κ2) is 6.51. The standard InChI is InChI=1S/C21H24N2O2/c1-13-2-4-15(5-3-13)18(12-16-8-11-20(24)22-16)19-10-9-17(14-6-7-14)21(25)23-19/h2-5,9-10,14,16,18H,6-8,11-12H2,1H3,(H,22,24)(H,23,25)/t16-,18?/m1/s1. The van der Waals surface area contributed by atoms with Crippen LogP contribution in [0.5, 0.6) is 0 Å². The molecular weight excluding hydrogens is 312 g/mol. The summed E-state index contributed by atoms with van der Waals surface area (Å²) in [6.45, 7) is 2.07. The Balaban J connectivity index is 1.66. The number of H-pyrrole nitrogens is 1. The lowest BCUT2D eigenvalue weighted by atomic mass is 9.87. The molecule has 2 aliphatic rings. The zero-order valence-corrected chi connectivity index (χ0v) is 14.5. The minimum Gasteiger partial charge on any atom is -0.353 e. The molecule has 4 nitrogen and oxygen atoms in total. The highest BCUT2D eigenvalue weighted by Gasteiger charge is 2.29. The molecule has 0 spiro atoms. The predicted molar refractivity (Wildman–Crippen MR) is 97.8 cm³/mol. The van der Waals surface area contributed by atoms with E-state index >= 15 is 0 Å². The maximum absolute atomic E-state index is 12.5. The number of rotatable bonds is 5. The highest BCUT2D eigenvalue weighted by Crippen LogP contribution is 2.38. The van der Waals surface area contributed by atoms with E-state index in [1.54, 1.807) is 0 Å². The van der Waals surface area contributed by atoms with Crippen LogP contribution >= 0.6 is 0 Å². The van der Waals surface area contributed by atoms with E-state index in [2.05, 4.69) is 47.6 Å². The Bertz CT molecular complexity index is 834. The summed E-state index contributed by atoms with van der Waals surface area (Å²) in [7, 11) is 0. The van der Waals surface area contributed by atoms with E-state index in [-0.39, 0.29) is 23.4 Å². The van der Waals surface area contributed by atoms with Gasteiger partial charge in [-0.3, -0.25) is 9.59 Å². The number of carbonyl (C=O) groups excluding carboxylic acids is 1. The summed E-state index contributed by atoms with van der Waals surface area (Å²) < 4.78 is 0. The molecule has 2 fully saturated rings. The number of hydrogen-bond donors (Lipinski definition) is 2. The molecule has 2 N–H and O–H groups in total. The Morgan fingerprint density at radius 1 is 1.04 bits per heavy atom. The summed E-state index contributed by atoms with van der Waals surface area (Å²) in [6, 6.07) is 12.7. The summed E-state index contributed by atoms with van der Waals surface area (Å²) in [5, 5.41) is 3.06. The molecule has 2 aromatic rings. The zero-order valence-electron chi connectivity index (χ0n) is 14.5. The van der Waals surface area contributed by atoms with Crippen LogP contribution in [0, 0.1) is 6.92 Å². The van der Waals surface area contributed by atoms with Crippen molar-refractivity contribution in [2.75, 3.05) is 0 Å². The molecule has 0 radical (unpaired) electrons. The number of pyridine rings is 1. The van der Waals surface area contributed by atoms with Gasteiger partial charge in [0, 0.05) is 29.6 Å². The average Bonchev–Trinajstić information content (AvgIpc) is 3.35. The number of aromatic nitrogens is 1. The maximum Gasteiger partial charge on any atom is 0.251 e. The first kappa shape index (κ1) is 16.1. The number of benzene rings is 1. The van der Waals surface area contributed by atoms with E-state index < -0.39 is 0 Å². The molecule has 0 bridgehead atoms. The van der Waals surface area contributed by atoms with E-state index in [9.17, 15) is 9.59 Å². The van der Waals surface area contributed by atoms with Gasteiger partial charge in [-0.25, -0.2) is 0 Å². The SMILES string of the molecule is Cc1ccc(C(C[C@H]2CCC(=O)N2)c2ccc(C3CC3)c(=O)[nH]2)cc1. The molecule has 1 saturated heterocycles. The predicted octanol–water partition coefficient (Wildman–Crippen LogP) is 3.36. The molecule has 1 aromatic heterocycles. The molecule has 1 aromatic carbocycles. The molecule has 130 valence electrons. The molecule has 1 unspecified atom stereocenters. The first-order valence-electron chi connectivity index (χ1n) is 9.19. The molecule has 25 heavy (non-hydrogen) atoms. The fourth-order valence-electron chi connectivity index (χ4n) is 3.80. The van der Waals surface area contributed by atoms with Gasteiger partial charge in [0.25, 0.3) is 5.56 Å². The van der Waals surface area contributed by atoms with Crippen molar-refractivity contribution in [3.05, 3.63) is 69.1 Å². The molecule has 2 atom stereocenters. The van der Waals surface area contributed by atoms with Crippen molar-refractivity contribution in [1.82, 2.24) is 10.3 Å². The summed E-state index contributed by atoms with van der Waals surface area (Å²) in [6.07, 6.45) is 4.53. The molecule has 1 saturated carbocycles. The molecule has 1 aliphatic carbocycles. The van der Waals surface area contributed by atoms with E-state index in [4.69, 9.17) is 0 Å². The van der Waals surface area contributed by atoms with Crippen LogP contribution in [-0.2, 0) is 4.79 Å². The van der Waals surface area contributed by atoms with Gasteiger partial charge >= 0.3 is 0 Å². The third kappa shape index (κ3) is 3.53. The molecule has 2 heterocycles. The highest BCUT2D eigenvalue weighted by molar-refractivity contribution is 5.78. The van der Waals surface area contributed by atoms with Crippen molar-refractivity contribution in [2.24, 2.45) is 0 Å². The van der Waals surface area contributed by atoms with Crippen LogP contribution in [0.2, 0.25) is 0 Å². The van der Waals surface area contributed by atoms with Gasteiger partial charge in [0.15, 0.2) is 0 Å². The van der Waals surface area contributed by atoms with E-state index in [0.717, 1.165) is 36.9 Å². The Hall–Kier alpha value is -2.36. The first-order chi connectivity index (χ1) is 12.1. The average molecular weight is 336 g/mol. The smallest absolute Gasteiger partial charge is 0.251 e. The Morgan fingerprint density at radius 2 is 1.80 bits per heavy atom. The van der Waals surface area contributed by atoms with Crippen molar-refractivity contribution in [2.45, 2.75) is 56.9 Å². The van der Waals surface area contributed by atoms with Crippen LogP contribution in [0.15, 0.2) is 41.2 Å². The molecule has 1 aliphatic heterocycles. The van der Waals surface area contributed by atoms with Gasteiger partial charge in [0.2, 0.25) is 5.91 Å². The van der Waals surface area contributed by atoms with Gasteiger partial charge in [0.1, 0.15) is 0 Å². The van der Waals surface area contributed by atoms with Crippen molar-refractivity contribution in [3.63, 3.8) is 0 Å². The first-order valence-corrected chi connectivity index (χ1v) is 9.19. The monoisotopic (exact) mass is 336 g/mol. The van der Waals surface area contributed by atoms with Crippen LogP contribution < -0.4 is 10.9 Å². The number of carbonyl (C=O) groups is 1. The topological polar surface area (TPSA) is 62.0 Å². The number of nitrogens with one attached hydrogen (secondary N) is 2. The van der Waals surface area contributed by atoms with Gasteiger partial charge in [-0.1, -0.05) is 35.9 Å². The van der Waals surface area contributed by atoms with Gasteiger partial charge < -0.3 is 10.3 Å². The molecular formula is C21H24N2O2. The third-order valence-corrected chi connectivity index (χ3v) is 5.44. The third-order valence-electron chi connectivity index (χ3n) is 5.44. The number of hydrogen-bond acceptors (Lipinski definition) is 2. The minimum atomic E-state index is 0.0487. The van der Waals surface area contributed by atoms with Gasteiger partial charge in [0.05, 0.1) is 0 Å². The van der Waals surface area contributed by atoms with E-state index in [1.165, 1.54) is 11.1 Å². The maximum atomic E-state index is 12.5. The lowest BCUT2D eigenvalue weighted by molar-refractivity contribution is -0.119. The van der Waals surface area contributed by atoms with Gasteiger partial charge in [-0.2, -0.15) is 0 Å². The van der Waals surface area contributed by atoms with Crippen LogP contribution in [-0.4, -0.2) is 16.9 Å². The quantitative estimate of drug-likeness (QED) is 0.879. The Labute approximate surface area is 147 Å². The summed E-state index contributed by atoms with van der Waals surface area (Å²) in [5.74, 6) is 0.667. The summed E-state index contributed by atoms with van der Waals surface area (Å²) in [5.41, 5.74) is 4.31. The minimum absolute atomic E-state index is 0.0487. The van der Waals surface area contributed by atoms with Crippen LogP contribution in [0.1, 0.15) is 66.3 Å². The van der Waals surface area contributed by atoms with Crippen LogP contribution in [0.4, 0.5) is 0 Å². The van der Waals surface area contributed by atoms with E-state index in [1.807, 2.05) is 6.07 Å². The van der Waals surface area contributed by atoms with Crippen molar-refractivity contribution in [3.8, 4) is 0 Å². The number of aromatic amines is 1. The van der Waals surface area contributed by atoms with Crippen molar-refractivity contribution < 1.29 is 4.79 Å². The summed E-state index contributed by atoms with van der Waals surface area (Å²) >= 11 is 0. The second-order valence-electron chi connectivity index (χ2n) is 7.47. The Morgan fingerprint density at radius 3 is 2.40 bits per heavy atom. The lowest BCUT2D eigenvalue weighted by Gasteiger charge is -2.22. The van der Waals surface area contributed by atoms with Gasteiger partial charge in [-0.15, -0.1) is 0 Å². The van der Waals surface area contributed by atoms with Gasteiger partial charge in [-0.05, 0) is 50.2 Å². The van der Waals surface area contributed by atoms with Crippen LogP contribution in [0.3, 0.4) is 0 Å². The Kier molecular flexibility index (Phi) is 4.20. The largest absolute Gasteiger partial charge is 0.353 e. The molecule has 4 heteroatoms. The highest BCUT2D eigenvalue weighted by atomic mass is 16.2. The molecule has 1 amide bonds. The normalized spacial score (nSPS) is 21.2.